The van der Waals surface area contributed by atoms with Crippen molar-refractivity contribution in [2.24, 2.45) is 0 Å². The lowest BCUT2D eigenvalue weighted by atomic mass is 9.68. The second-order valence-corrected chi connectivity index (χ2v) is 8.94. The second-order valence-electron chi connectivity index (χ2n) is 8.94. The third kappa shape index (κ3) is 4.02. The standard InChI is InChI=1S/C31H24N2O4/c1-19(2)29(34)36-23-13-9-21(10-14-23)31(22-11-15-24(16-12-22)37-30(35)20(3)4)25-7-5-17-32-27(25)28-26(31)8-6-18-33-28/h5-18H,1,3H2,2,4H3. The lowest BCUT2D eigenvalue weighted by Gasteiger charge is -2.33. The van der Waals surface area contributed by atoms with Gasteiger partial charge in [-0.1, -0.05) is 49.6 Å². The minimum Gasteiger partial charge on any atom is -0.423 e. The zero-order valence-corrected chi connectivity index (χ0v) is 20.5. The van der Waals surface area contributed by atoms with Gasteiger partial charge in [0.2, 0.25) is 0 Å². The second kappa shape index (κ2) is 9.32. The molecule has 6 heteroatoms. The van der Waals surface area contributed by atoms with Crippen molar-refractivity contribution in [1.82, 2.24) is 9.97 Å². The van der Waals surface area contributed by atoms with Crippen molar-refractivity contribution in [2.45, 2.75) is 19.3 Å². The number of benzene rings is 2. The number of rotatable bonds is 6. The highest BCUT2D eigenvalue weighted by atomic mass is 16.5. The van der Waals surface area contributed by atoms with Gasteiger partial charge in [0.1, 0.15) is 11.5 Å². The maximum atomic E-state index is 12.0. The van der Waals surface area contributed by atoms with Crippen LogP contribution in [0, 0.1) is 0 Å². The number of esters is 2. The molecule has 4 aromatic rings. The summed E-state index contributed by atoms with van der Waals surface area (Å²) < 4.78 is 10.8. The van der Waals surface area contributed by atoms with Crippen molar-refractivity contribution in [3.05, 3.63) is 132 Å². The third-order valence-electron chi connectivity index (χ3n) is 6.34. The minimum atomic E-state index is -0.749. The van der Waals surface area contributed by atoms with Gasteiger partial charge in [0.25, 0.3) is 0 Å². The van der Waals surface area contributed by atoms with Crippen molar-refractivity contribution < 1.29 is 19.1 Å². The molecular formula is C31H24N2O4. The van der Waals surface area contributed by atoms with E-state index in [2.05, 4.69) is 23.1 Å². The topological polar surface area (TPSA) is 78.4 Å². The summed E-state index contributed by atoms with van der Waals surface area (Å²) in [4.78, 5) is 33.4. The lowest BCUT2D eigenvalue weighted by Crippen LogP contribution is -2.28. The maximum Gasteiger partial charge on any atom is 0.338 e. The minimum absolute atomic E-state index is 0.323. The highest BCUT2D eigenvalue weighted by Gasteiger charge is 2.47. The quantitative estimate of drug-likeness (QED) is 0.171. The number of ether oxygens (including phenoxy) is 2. The molecule has 2 aromatic carbocycles. The molecule has 6 nitrogen and oxygen atoms in total. The fourth-order valence-corrected chi connectivity index (χ4v) is 4.66. The Bertz CT molecular complexity index is 1430. The molecule has 0 saturated heterocycles. The Labute approximate surface area is 214 Å². The molecule has 0 spiro atoms. The molecule has 0 N–H and O–H groups in total. The summed E-state index contributed by atoms with van der Waals surface area (Å²) in [6.07, 6.45) is 3.52. The van der Waals surface area contributed by atoms with Gasteiger partial charge in [-0.05, 0) is 72.5 Å². The van der Waals surface area contributed by atoms with E-state index >= 15 is 0 Å². The van der Waals surface area contributed by atoms with E-state index in [4.69, 9.17) is 9.47 Å². The Kier molecular flexibility index (Phi) is 6.01. The van der Waals surface area contributed by atoms with E-state index in [-0.39, 0.29) is 0 Å². The first-order valence-electron chi connectivity index (χ1n) is 11.7. The molecule has 0 radical (unpaired) electrons. The molecule has 0 unspecified atom stereocenters. The van der Waals surface area contributed by atoms with Gasteiger partial charge in [-0.15, -0.1) is 0 Å². The zero-order chi connectivity index (χ0) is 26.2. The van der Waals surface area contributed by atoms with Crippen LogP contribution < -0.4 is 9.47 Å². The summed E-state index contributed by atoms with van der Waals surface area (Å²) in [5.74, 6) is -0.116. The van der Waals surface area contributed by atoms with Gasteiger partial charge < -0.3 is 9.47 Å². The van der Waals surface area contributed by atoms with E-state index in [1.807, 2.05) is 48.5 Å². The molecule has 2 heterocycles. The lowest BCUT2D eigenvalue weighted by molar-refractivity contribution is -0.130. The van der Waals surface area contributed by atoms with Gasteiger partial charge in [-0.3, -0.25) is 9.97 Å². The predicted octanol–water partition coefficient (Wildman–Crippen LogP) is 5.80. The van der Waals surface area contributed by atoms with Crippen LogP contribution in [0.2, 0.25) is 0 Å². The van der Waals surface area contributed by atoms with E-state index in [9.17, 15) is 9.59 Å². The van der Waals surface area contributed by atoms with Gasteiger partial charge in [0.05, 0.1) is 16.8 Å². The first kappa shape index (κ1) is 23.9. The fourth-order valence-electron chi connectivity index (χ4n) is 4.66. The Morgan fingerprint density at radius 1 is 0.649 bits per heavy atom. The molecule has 0 saturated carbocycles. The van der Waals surface area contributed by atoms with Gasteiger partial charge in [-0.2, -0.15) is 0 Å². The van der Waals surface area contributed by atoms with Crippen LogP contribution in [0.3, 0.4) is 0 Å². The largest absolute Gasteiger partial charge is 0.423 e. The monoisotopic (exact) mass is 488 g/mol. The van der Waals surface area contributed by atoms with Crippen molar-refractivity contribution in [3.63, 3.8) is 0 Å². The molecule has 1 aliphatic carbocycles. The van der Waals surface area contributed by atoms with E-state index in [1.54, 1.807) is 50.5 Å². The van der Waals surface area contributed by atoms with Crippen LogP contribution >= 0.6 is 0 Å². The molecule has 0 bridgehead atoms. The fraction of sp³-hybridized carbons (Fsp3) is 0.0968. The van der Waals surface area contributed by atoms with Crippen LogP contribution in [0.1, 0.15) is 36.1 Å². The number of hydrogen-bond acceptors (Lipinski definition) is 6. The molecule has 1 aliphatic rings. The number of aromatic nitrogens is 2. The average Bonchev–Trinajstić information content (AvgIpc) is 3.21. The van der Waals surface area contributed by atoms with E-state index < -0.39 is 17.4 Å². The molecule has 5 rings (SSSR count). The summed E-state index contributed by atoms with van der Waals surface area (Å²) in [5, 5.41) is 0. The Hall–Kier alpha value is -4.84. The summed E-state index contributed by atoms with van der Waals surface area (Å²) >= 11 is 0. The molecular weight excluding hydrogens is 464 g/mol. The number of fused-ring (bicyclic) bond motifs is 3. The van der Waals surface area contributed by atoms with Crippen molar-refractivity contribution in [3.8, 4) is 22.9 Å². The van der Waals surface area contributed by atoms with Crippen LogP contribution in [0.15, 0.2) is 109 Å². The normalized spacial score (nSPS) is 12.7. The molecule has 0 aliphatic heterocycles. The molecule has 0 atom stereocenters. The number of carbonyl (C=O) groups excluding carboxylic acids is 2. The van der Waals surface area contributed by atoms with Gasteiger partial charge in [-0.25, -0.2) is 9.59 Å². The zero-order valence-electron chi connectivity index (χ0n) is 20.5. The summed E-state index contributed by atoms with van der Waals surface area (Å²) in [5.41, 5.74) is 5.32. The van der Waals surface area contributed by atoms with Crippen LogP contribution in [-0.4, -0.2) is 21.9 Å². The summed E-state index contributed by atoms with van der Waals surface area (Å²) in [7, 11) is 0. The molecule has 0 fully saturated rings. The Morgan fingerprint density at radius 3 is 1.38 bits per heavy atom. The first-order valence-corrected chi connectivity index (χ1v) is 11.7. The van der Waals surface area contributed by atoms with Crippen LogP contribution in [-0.2, 0) is 15.0 Å². The number of carbonyl (C=O) groups is 2. The number of pyridine rings is 2. The smallest absolute Gasteiger partial charge is 0.338 e. The molecule has 0 amide bonds. The third-order valence-corrected chi connectivity index (χ3v) is 6.34. The van der Waals surface area contributed by atoms with Crippen molar-refractivity contribution in [1.29, 1.82) is 0 Å². The van der Waals surface area contributed by atoms with E-state index in [1.165, 1.54) is 0 Å². The average molecular weight is 489 g/mol. The highest BCUT2D eigenvalue weighted by Crippen LogP contribution is 2.54. The number of hydrogen-bond donors (Lipinski definition) is 0. The first-order chi connectivity index (χ1) is 17.8. The van der Waals surface area contributed by atoms with E-state index in [0.29, 0.717) is 22.6 Å². The van der Waals surface area contributed by atoms with Gasteiger partial charge in [0.15, 0.2) is 0 Å². The van der Waals surface area contributed by atoms with E-state index in [0.717, 1.165) is 33.6 Å². The number of nitrogens with zero attached hydrogens (tertiary/aromatic N) is 2. The molecule has 182 valence electrons. The van der Waals surface area contributed by atoms with Crippen molar-refractivity contribution in [2.75, 3.05) is 0 Å². The van der Waals surface area contributed by atoms with Gasteiger partial charge in [0, 0.05) is 23.5 Å². The summed E-state index contributed by atoms with van der Waals surface area (Å²) in [6.45, 7) is 10.5. The van der Waals surface area contributed by atoms with Crippen LogP contribution in [0.25, 0.3) is 11.4 Å². The van der Waals surface area contributed by atoms with Gasteiger partial charge >= 0.3 is 11.9 Å². The molecule has 2 aromatic heterocycles. The Balaban J connectivity index is 1.69. The van der Waals surface area contributed by atoms with Crippen molar-refractivity contribution >= 4 is 11.9 Å². The predicted molar refractivity (Wildman–Crippen MR) is 140 cm³/mol. The molecule has 37 heavy (non-hydrogen) atoms. The maximum absolute atomic E-state index is 12.0. The SMILES string of the molecule is C=C(C)C(=O)Oc1ccc(C2(c3ccc(OC(=O)C(=C)C)cc3)c3cccnc3-c3ncccc32)cc1. The highest BCUT2D eigenvalue weighted by molar-refractivity contribution is 5.89. The van der Waals surface area contributed by atoms with Crippen LogP contribution in [0.5, 0.6) is 11.5 Å². The van der Waals surface area contributed by atoms with Crippen LogP contribution in [0.4, 0.5) is 0 Å². The Morgan fingerprint density at radius 2 is 1.03 bits per heavy atom. The summed E-state index contributed by atoms with van der Waals surface area (Å²) in [6, 6.07) is 22.8.